The smallest absolute Gasteiger partial charge is 0.216 e. The van der Waals surface area contributed by atoms with Crippen LogP contribution in [-0.2, 0) is 11.2 Å². The second kappa shape index (κ2) is 11.2. The van der Waals surface area contributed by atoms with Crippen LogP contribution in [0.25, 0.3) is 0 Å². The average molecular weight is 322 g/mol. The van der Waals surface area contributed by atoms with Crippen molar-refractivity contribution in [1.82, 2.24) is 10.2 Å². The van der Waals surface area contributed by atoms with Crippen LogP contribution >= 0.6 is 0 Å². The molecule has 2 unspecified atom stereocenters. The van der Waals surface area contributed by atoms with Gasteiger partial charge in [-0.2, -0.15) is 0 Å². The molecule has 2 rings (SSSR count). The molecule has 130 valence electrons. The molecule has 1 aromatic carbocycles. The lowest BCUT2D eigenvalue weighted by atomic mass is 10.1. The molecule has 5 nitrogen and oxygen atoms in total. The van der Waals surface area contributed by atoms with Gasteiger partial charge in [-0.3, -0.25) is 9.69 Å². The number of carbonyl (C=O) groups excluding carboxylic acids is 1. The molecule has 23 heavy (non-hydrogen) atoms. The number of likely N-dealkylation sites (tertiary alicyclic amines) is 1. The first-order chi connectivity index (χ1) is 11.1. The summed E-state index contributed by atoms with van der Waals surface area (Å²) in [5, 5.41) is 21.2. The van der Waals surface area contributed by atoms with Crippen molar-refractivity contribution in [1.29, 1.82) is 0 Å². The minimum Gasteiger partial charge on any atom is -0.395 e. The summed E-state index contributed by atoms with van der Waals surface area (Å²) >= 11 is 0. The summed E-state index contributed by atoms with van der Waals surface area (Å²) in [6, 6.07) is 10.7. The Kier molecular flexibility index (Phi) is 9.52. The van der Waals surface area contributed by atoms with Crippen molar-refractivity contribution >= 4 is 5.91 Å². The number of carbonyl (C=O) groups is 1. The highest BCUT2D eigenvalue weighted by Gasteiger charge is 2.29. The fourth-order valence-electron chi connectivity index (χ4n) is 2.71. The van der Waals surface area contributed by atoms with Crippen LogP contribution in [0.4, 0.5) is 0 Å². The third kappa shape index (κ3) is 8.11. The van der Waals surface area contributed by atoms with E-state index < -0.39 is 0 Å². The molecule has 2 atom stereocenters. The van der Waals surface area contributed by atoms with E-state index in [1.165, 1.54) is 12.5 Å². The number of aliphatic hydroxyl groups is 2. The first-order valence-corrected chi connectivity index (χ1v) is 8.32. The van der Waals surface area contributed by atoms with Gasteiger partial charge in [-0.05, 0) is 37.8 Å². The maximum Gasteiger partial charge on any atom is 0.216 e. The Balaban J connectivity index is 0.000000463. The van der Waals surface area contributed by atoms with E-state index in [1.807, 2.05) is 6.07 Å². The molecule has 0 radical (unpaired) electrons. The van der Waals surface area contributed by atoms with Gasteiger partial charge in [0.2, 0.25) is 5.91 Å². The van der Waals surface area contributed by atoms with E-state index in [0.717, 1.165) is 38.8 Å². The molecule has 1 aliphatic rings. The summed E-state index contributed by atoms with van der Waals surface area (Å²) in [5.41, 5.74) is 1.39. The predicted octanol–water partition coefficient (Wildman–Crippen LogP) is 1.19. The van der Waals surface area contributed by atoms with Gasteiger partial charge in [0, 0.05) is 26.6 Å². The molecule has 0 saturated carbocycles. The molecule has 0 aromatic heterocycles. The molecule has 1 aromatic rings. The minimum atomic E-state index is -0.253. The standard InChI is InChI=1S/C15H23NO2.C3H7NO/c17-12-14-10-15(18)11-16(14)9-5-4-8-13-6-2-1-3-7-13;1-3(5)4-2/h1-3,6-7,14-15,17-18H,4-5,8-12H2;1-2H3,(H,4,5). The minimum absolute atomic E-state index is 0.00463. The number of benzene rings is 1. The Labute approximate surface area is 139 Å². The number of hydrogen-bond donors (Lipinski definition) is 3. The molecular formula is C18H30N2O3. The summed E-state index contributed by atoms with van der Waals surface area (Å²) in [6.45, 7) is 3.33. The predicted molar refractivity (Wildman–Crippen MR) is 92.2 cm³/mol. The lowest BCUT2D eigenvalue weighted by Crippen LogP contribution is -2.33. The highest BCUT2D eigenvalue weighted by atomic mass is 16.3. The van der Waals surface area contributed by atoms with E-state index in [9.17, 15) is 15.0 Å². The molecule has 1 aliphatic heterocycles. The number of aliphatic hydroxyl groups excluding tert-OH is 2. The van der Waals surface area contributed by atoms with Gasteiger partial charge in [0.1, 0.15) is 0 Å². The Morgan fingerprint density at radius 1 is 1.30 bits per heavy atom. The molecule has 1 amide bonds. The molecule has 0 aliphatic carbocycles. The second-order valence-corrected chi connectivity index (χ2v) is 5.97. The van der Waals surface area contributed by atoms with Crippen LogP contribution in [0.5, 0.6) is 0 Å². The van der Waals surface area contributed by atoms with Gasteiger partial charge in [0.15, 0.2) is 0 Å². The van der Waals surface area contributed by atoms with E-state index in [2.05, 4.69) is 34.5 Å². The average Bonchev–Trinajstić information content (AvgIpc) is 2.93. The number of amides is 1. The third-order valence-electron chi connectivity index (χ3n) is 4.07. The van der Waals surface area contributed by atoms with Gasteiger partial charge in [-0.1, -0.05) is 30.3 Å². The maximum absolute atomic E-state index is 9.70. The molecule has 5 heteroatoms. The van der Waals surface area contributed by atoms with Crippen LogP contribution in [0.3, 0.4) is 0 Å². The first-order valence-electron chi connectivity index (χ1n) is 8.32. The van der Waals surface area contributed by atoms with Gasteiger partial charge < -0.3 is 15.5 Å². The molecule has 1 saturated heterocycles. The topological polar surface area (TPSA) is 72.8 Å². The van der Waals surface area contributed by atoms with Crippen molar-refractivity contribution < 1.29 is 15.0 Å². The fourth-order valence-corrected chi connectivity index (χ4v) is 2.71. The van der Waals surface area contributed by atoms with Crippen LogP contribution in [0.1, 0.15) is 31.7 Å². The van der Waals surface area contributed by atoms with Gasteiger partial charge in [-0.25, -0.2) is 0 Å². The molecule has 1 heterocycles. The summed E-state index contributed by atoms with van der Waals surface area (Å²) in [4.78, 5) is 11.9. The van der Waals surface area contributed by atoms with Gasteiger partial charge >= 0.3 is 0 Å². The Bertz CT molecular complexity index is 439. The normalized spacial score (nSPS) is 20.7. The van der Waals surface area contributed by atoms with E-state index in [1.54, 1.807) is 7.05 Å². The van der Waals surface area contributed by atoms with Crippen molar-refractivity contribution in [2.75, 3.05) is 26.7 Å². The van der Waals surface area contributed by atoms with Crippen LogP contribution in [0.15, 0.2) is 30.3 Å². The molecular weight excluding hydrogens is 292 g/mol. The van der Waals surface area contributed by atoms with Crippen LogP contribution in [0.2, 0.25) is 0 Å². The van der Waals surface area contributed by atoms with Crippen LogP contribution < -0.4 is 5.32 Å². The van der Waals surface area contributed by atoms with E-state index in [0.29, 0.717) is 0 Å². The Morgan fingerprint density at radius 3 is 2.52 bits per heavy atom. The van der Waals surface area contributed by atoms with E-state index >= 15 is 0 Å². The molecule has 1 fully saturated rings. The summed E-state index contributed by atoms with van der Waals surface area (Å²) in [6.07, 6.45) is 3.86. The highest BCUT2D eigenvalue weighted by molar-refractivity contribution is 5.72. The van der Waals surface area contributed by atoms with Gasteiger partial charge in [0.05, 0.1) is 12.7 Å². The maximum atomic E-state index is 9.70. The van der Waals surface area contributed by atoms with Gasteiger partial charge in [0.25, 0.3) is 0 Å². The SMILES string of the molecule is CNC(C)=O.OCC1CC(O)CN1CCCCc1ccccc1. The Hall–Kier alpha value is -1.43. The summed E-state index contributed by atoms with van der Waals surface area (Å²) in [5.74, 6) is 0.00463. The largest absolute Gasteiger partial charge is 0.395 e. The molecule has 0 spiro atoms. The summed E-state index contributed by atoms with van der Waals surface area (Å²) < 4.78 is 0. The van der Waals surface area contributed by atoms with Crippen LogP contribution in [0, 0.1) is 0 Å². The second-order valence-electron chi connectivity index (χ2n) is 5.97. The van der Waals surface area contributed by atoms with Gasteiger partial charge in [-0.15, -0.1) is 0 Å². The molecule has 0 bridgehead atoms. The van der Waals surface area contributed by atoms with Crippen molar-refractivity contribution in [3.63, 3.8) is 0 Å². The summed E-state index contributed by atoms with van der Waals surface area (Å²) in [7, 11) is 1.60. The lowest BCUT2D eigenvalue weighted by Gasteiger charge is -2.21. The van der Waals surface area contributed by atoms with Crippen LogP contribution in [-0.4, -0.2) is 59.9 Å². The van der Waals surface area contributed by atoms with E-state index in [4.69, 9.17) is 0 Å². The Morgan fingerprint density at radius 2 is 1.96 bits per heavy atom. The van der Waals surface area contributed by atoms with Crippen molar-refractivity contribution in [3.05, 3.63) is 35.9 Å². The number of hydrogen-bond acceptors (Lipinski definition) is 4. The number of β-amino-alcohol motifs (C(OH)–C–C–N with tert-alkyl or cyclic N) is 1. The molecule has 3 N–H and O–H groups in total. The first kappa shape index (κ1) is 19.6. The van der Waals surface area contributed by atoms with Crippen molar-refractivity contribution in [2.24, 2.45) is 0 Å². The quantitative estimate of drug-likeness (QED) is 0.688. The zero-order valence-electron chi connectivity index (χ0n) is 14.2. The number of rotatable bonds is 6. The number of nitrogens with one attached hydrogen (secondary N) is 1. The fraction of sp³-hybridized carbons (Fsp3) is 0.611. The monoisotopic (exact) mass is 322 g/mol. The zero-order valence-corrected chi connectivity index (χ0v) is 14.2. The number of aryl methyl sites for hydroxylation is 1. The van der Waals surface area contributed by atoms with Crippen molar-refractivity contribution in [3.8, 4) is 0 Å². The zero-order chi connectivity index (χ0) is 17.1. The highest BCUT2D eigenvalue weighted by Crippen LogP contribution is 2.18. The number of unbranched alkanes of at least 4 members (excludes halogenated alkanes) is 1. The number of nitrogens with zero attached hydrogens (tertiary/aromatic N) is 1. The third-order valence-corrected chi connectivity index (χ3v) is 4.07. The lowest BCUT2D eigenvalue weighted by molar-refractivity contribution is -0.118. The van der Waals surface area contributed by atoms with E-state index in [-0.39, 0.29) is 24.7 Å². The van der Waals surface area contributed by atoms with Crippen molar-refractivity contribution in [2.45, 2.75) is 44.8 Å².